The second-order valence-corrected chi connectivity index (χ2v) is 5.62. The molecule has 0 radical (unpaired) electrons. The first kappa shape index (κ1) is 18.7. The van der Waals surface area contributed by atoms with E-state index in [9.17, 15) is 31.1 Å². The summed E-state index contributed by atoms with van der Waals surface area (Å²) in [4.78, 5) is 15.7. The topological polar surface area (TPSA) is 42.0 Å². The van der Waals surface area contributed by atoms with Gasteiger partial charge in [0.15, 0.2) is 17.3 Å². The summed E-state index contributed by atoms with van der Waals surface area (Å²) in [6, 6.07) is 7.74. The fourth-order valence-electron chi connectivity index (χ4n) is 2.48. The summed E-state index contributed by atoms with van der Waals surface area (Å²) >= 11 is 0. The first-order valence-corrected chi connectivity index (χ1v) is 7.55. The molecule has 3 rings (SSSR count). The van der Waals surface area contributed by atoms with Crippen LogP contribution < -0.4 is 5.32 Å². The molecular formula is C18H10F6N2O. The number of para-hydroxylation sites is 1. The third-order valence-electron chi connectivity index (χ3n) is 3.77. The van der Waals surface area contributed by atoms with E-state index in [1.807, 2.05) is 0 Å². The Morgan fingerprint density at radius 2 is 1.63 bits per heavy atom. The highest BCUT2D eigenvalue weighted by atomic mass is 19.4. The van der Waals surface area contributed by atoms with E-state index in [0.717, 1.165) is 6.07 Å². The molecule has 0 aliphatic heterocycles. The van der Waals surface area contributed by atoms with E-state index in [1.165, 1.54) is 18.2 Å². The maximum absolute atomic E-state index is 13.6. The van der Waals surface area contributed by atoms with Crippen molar-refractivity contribution in [1.82, 2.24) is 10.3 Å². The lowest BCUT2D eigenvalue weighted by atomic mass is 10.1. The Hall–Kier alpha value is -3.10. The van der Waals surface area contributed by atoms with Crippen LogP contribution in [-0.4, -0.2) is 10.9 Å². The van der Waals surface area contributed by atoms with Crippen molar-refractivity contribution in [1.29, 1.82) is 0 Å². The molecule has 0 fully saturated rings. The third-order valence-corrected chi connectivity index (χ3v) is 3.77. The van der Waals surface area contributed by atoms with Gasteiger partial charge in [-0.25, -0.2) is 18.2 Å². The Labute approximate surface area is 148 Å². The number of hydrogen-bond acceptors (Lipinski definition) is 2. The number of benzene rings is 2. The number of carbonyl (C=O) groups excluding carboxylic acids is 1. The summed E-state index contributed by atoms with van der Waals surface area (Å²) in [5, 5.41) is 2.37. The lowest BCUT2D eigenvalue weighted by molar-refractivity contribution is -0.141. The van der Waals surface area contributed by atoms with Gasteiger partial charge in [-0.05, 0) is 18.2 Å². The molecular weight excluding hydrogens is 374 g/mol. The van der Waals surface area contributed by atoms with Crippen molar-refractivity contribution in [3.05, 3.63) is 76.7 Å². The SMILES string of the molecule is O=C(NCc1cc(F)c(F)cc1F)c1cc2ccccc2nc1C(F)(F)F. The number of amides is 1. The molecule has 1 N–H and O–H groups in total. The quantitative estimate of drug-likeness (QED) is 0.530. The zero-order valence-corrected chi connectivity index (χ0v) is 13.4. The molecule has 0 spiro atoms. The summed E-state index contributed by atoms with van der Waals surface area (Å²) in [7, 11) is 0. The summed E-state index contributed by atoms with van der Waals surface area (Å²) < 4.78 is 79.5. The fraction of sp³-hybridized carbons (Fsp3) is 0.111. The predicted octanol–water partition coefficient (Wildman–Crippen LogP) is 4.60. The molecule has 1 aromatic heterocycles. The molecule has 9 heteroatoms. The van der Waals surface area contributed by atoms with Crippen LogP contribution in [0.15, 0.2) is 42.5 Å². The Morgan fingerprint density at radius 3 is 2.33 bits per heavy atom. The van der Waals surface area contributed by atoms with E-state index < -0.39 is 52.9 Å². The normalized spacial score (nSPS) is 11.6. The minimum absolute atomic E-state index is 0.0491. The van der Waals surface area contributed by atoms with Gasteiger partial charge in [-0.15, -0.1) is 0 Å². The Morgan fingerprint density at radius 1 is 0.963 bits per heavy atom. The van der Waals surface area contributed by atoms with Crippen molar-refractivity contribution in [2.24, 2.45) is 0 Å². The summed E-state index contributed by atoms with van der Waals surface area (Å²) in [5.74, 6) is -5.07. The molecule has 140 valence electrons. The highest BCUT2D eigenvalue weighted by molar-refractivity contribution is 5.98. The summed E-state index contributed by atoms with van der Waals surface area (Å²) in [6.45, 7) is -0.633. The van der Waals surface area contributed by atoms with Gasteiger partial charge in [0.2, 0.25) is 0 Å². The zero-order chi connectivity index (χ0) is 19.8. The molecule has 0 unspecified atom stereocenters. The van der Waals surface area contributed by atoms with Crippen molar-refractivity contribution in [2.75, 3.05) is 0 Å². The Bertz CT molecular complexity index is 1030. The van der Waals surface area contributed by atoms with Gasteiger partial charge in [-0.2, -0.15) is 13.2 Å². The van der Waals surface area contributed by atoms with Gasteiger partial charge in [-0.1, -0.05) is 18.2 Å². The lowest BCUT2D eigenvalue weighted by Crippen LogP contribution is -2.27. The molecule has 27 heavy (non-hydrogen) atoms. The van der Waals surface area contributed by atoms with Crippen LogP contribution in [0.4, 0.5) is 26.3 Å². The Balaban J connectivity index is 1.94. The highest BCUT2D eigenvalue weighted by Gasteiger charge is 2.37. The molecule has 3 nitrogen and oxygen atoms in total. The van der Waals surface area contributed by atoms with Crippen molar-refractivity contribution < 1.29 is 31.1 Å². The number of nitrogens with one attached hydrogen (secondary N) is 1. The van der Waals surface area contributed by atoms with Gasteiger partial charge in [0, 0.05) is 23.6 Å². The molecule has 1 heterocycles. The van der Waals surface area contributed by atoms with E-state index >= 15 is 0 Å². The van der Waals surface area contributed by atoms with Crippen LogP contribution >= 0.6 is 0 Å². The van der Waals surface area contributed by atoms with E-state index in [1.54, 1.807) is 6.07 Å². The average Bonchev–Trinajstić information content (AvgIpc) is 2.61. The molecule has 1 amide bonds. The molecule has 0 saturated heterocycles. The predicted molar refractivity (Wildman–Crippen MR) is 84.2 cm³/mol. The zero-order valence-electron chi connectivity index (χ0n) is 13.4. The van der Waals surface area contributed by atoms with Crippen LogP contribution in [-0.2, 0) is 12.7 Å². The van der Waals surface area contributed by atoms with Gasteiger partial charge >= 0.3 is 6.18 Å². The monoisotopic (exact) mass is 384 g/mol. The number of hydrogen-bond donors (Lipinski definition) is 1. The third kappa shape index (κ3) is 3.86. The van der Waals surface area contributed by atoms with Crippen LogP contribution in [0.2, 0.25) is 0 Å². The molecule has 0 bridgehead atoms. The Kier molecular flexibility index (Phi) is 4.77. The first-order valence-electron chi connectivity index (χ1n) is 7.55. The molecule has 0 saturated carbocycles. The maximum Gasteiger partial charge on any atom is 0.434 e. The number of carbonyl (C=O) groups is 1. The fourth-order valence-corrected chi connectivity index (χ4v) is 2.48. The molecule has 3 aromatic rings. The summed E-state index contributed by atoms with van der Waals surface area (Å²) in [5.41, 5.74) is -2.52. The van der Waals surface area contributed by atoms with Gasteiger partial charge in [0.25, 0.3) is 5.91 Å². The van der Waals surface area contributed by atoms with E-state index in [-0.39, 0.29) is 11.6 Å². The number of pyridine rings is 1. The van der Waals surface area contributed by atoms with Crippen molar-refractivity contribution in [3.63, 3.8) is 0 Å². The largest absolute Gasteiger partial charge is 0.434 e. The lowest BCUT2D eigenvalue weighted by Gasteiger charge is -2.13. The first-order chi connectivity index (χ1) is 12.7. The molecule has 0 aliphatic carbocycles. The van der Waals surface area contributed by atoms with Crippen LogP contribution in [0.5, 0.6) is 0 Å². The number of rotatable bonds is 3. The van der Waals surface area contributed by atoms with Crippen molar-refractivity contribution in [3.8, 4) is 0 Å². The average molecular weight is 384 g/mol. The van der Waals surface area contributed by atoms with Crippen LogP contribution in [0.1, 0.15) is 21.6 Å². The van der Waals surface area contributed by atoms with Gasteiger partial charge in [0.05, 0.1) is 11.1 Å². The minimum Gasteiger partial charge on any atom is -0.348 e. The van der Waals surface area contributed by atoms with Gasteiger partial charge in [-0.3, -0.25) is 4.79 Å². The number of fused-ring (bicyclic) bond motifs is 1. The number of nitrogens with zero attached hydrogens (tertiary/aromatic N) is 1. The van der Waals surface area contributed by atoms with Gasteiger partial charge < -0.3 is 5.32 Å². The molecule has 0 aliphatic rings. The maximum atomic E-state index is 13.6. The number of halogens is 6. The van der Waals surface area contributed by atoms with Crippen LogP contribution in [0.3, 0.4) is 0 Å². The van der Waals surface area contributed by atoms with Crippen molar-refractivity contribution in [2.45, 2.75) is 12.7 Å². The van der Waals surface area contributed by atoms with Gasteiger partial charge in [0.1, 0.15) is 5.82 Å². The summed E-state index contributed by atoms with van der Waals surface area (Å²) in [6.07, 6.45) is -4.90. The van der Waals surface area contributed by atoms with E-state index in [4.69, 9.17) is 0 Å². The second-order valence-electron chi connectivity index (χ2n) is 5.62. The smallest absolute Gasteiger partial charge is 0.348 e. The standard InChI is InChI=1S/C18H10F6N2O/c19-12-7-14(21)13(20)6-10(12)8-25-17(27)11-5-9-3-1-2-4-15(9)26-16(11)18(22,23)24/h1-7H,8H2,(H,25,27). The van der Waals surface area contributed by atoms with E-state index in [2.05, 4.69) is 10.3 Å². The van der Waals surface area contributed by atoms with Crippen molar-refractivity contribution >= 4 is 16.8 Å². The molecule has 0 atom stereocenters. The second kappa shape index (κ2) is 6.90. The highest BCUT2D eigenvalue weighted by Crippen LogP contribution is 2.32. The number of aromatic nitrogens is 1. The van der Waals surface area contributed by atoms with E-state index in [0.29, 0.717) is 11.5 Å². The number of alkyl halides is 3. The van der Waals surface area contributed by atoms with Crippen LogP contribution in [0.25, 0.3) is 10.9 Å². The molecule has 2 aromatic carbocycles. The van der Waals surface area contributed by atoms with Crippen LogP contribution in [0, 0.1) is 17.5 Å². The minimum atomic E-state index is -4.90.